The lowest BCUT2D eigenvalue weighted by Gasteiger charge is -2.29. The zero-order valence-electron chi connectivity index (χ0n) is 14.8. The Morgan fingerprint density at radius 2 is 2.16 bits per heavy atom. The number of ether oxygens (including phenoxy) is 1. The highest BCUT2D eigenvalue weighted by Gasteiger charge is 2.37. The predicted octanol–water partition coefficient (Wildman–Crippen LogP) is 1.68. The van der Waals surface area contributed by atoms with Gasteiger partial charge in [0, 0.05) is 6.54 Å². The molecule has 134 valence electrons. The van der Waals surface area contributed by atoms with E-state index < -0.39 is 12.1 Å². The molecule has 2 N–H and O–H groups in total. The topological polar surface area (TPSA) is 87.3 Å². The van der Waals surface area contributed by atoms with Gasteiger partial charge in [-0.05, 0) is 18.8 Å². The van der Waals surface area contributed by atoms with Crippen molar-refractivity contribution in [3.63, 3.8) is 0 Å². The lowest BCUT2D eigenvalue weighted by molar-refractivity contribution is -0.135. The molecule has 1 aliphatic rings. The van der Waals surface area contributed by atoms with Crippen LogP contribution in [-0.4, -0.2) is 46.6 Å². The van der Waals surface area contributed by atoms with Gasteiger partial charge < -0.3 is 19.9 Å². The maximum absolute atomic E-state index is 12.9. The van der Waals surface area contributed by atoms with E-state index in [0.29, 0.717) is 18.1 Å². The number of carbonyl (C=O) groups is 2. The fourth-order valence-corrected chi connectivity index (χ4v) is 2.77. The molecule has 2 amide bonds. The minimum Gasteiger partial charge on any atom is -0.453 e. The van der Waals surface area contributed by atoms with Gasteiger partial charge >= 0.3 is 6.09 Å². The van der Waals surface area contributed by atoms with Crippen LogP contribution in [0.3, 0.4) is 0 Å². The molecule has 2 atom stereocenters. The number of aromatic amines is 1. The van der Waals surface area contributed by atoms with Crippen molar-refractivity contribution in [3.8, 4) is 25.2 Å². The van der Waals surface area contributed by atoms with Gasteiger partial charge in [-0.1, -0.05) is 19.8 Å². The van der Waals surface area contributed by atoms with Crippen LogP contribution in [0.2, 0.25) is 0 Å². The monoisotopic (exact) mass is 344 g/mol. The molecular formula is C18H24N4O3. The van der Waals surface area contributed by atoms with Crippen LogP contribution >= 0.6 is 0 Å². The molecule has 0 aromatic carbocycles. The minimum atomic E-state index is -0.634. The van der Waals surface area contributed by atoms with E-state index in [1.165, 1.54) is 7.11 Å². The van der Waals surface area contributed by atoms with Crippen LogP contribution < -0.4 is 5.32 Å². The lowest BCUT2D eigenvalue weighted by Crippen LogP contribution is -2.51. The fourth-order valence-electron chi connectivity index (χ4n) is 2.77. The fraction of sp³-hybridized carbons (Fsp3) is 0.500. The highest BCUT2D eigenvalue weighted by atomic mass is 16.5. The SMILES string of the molecule is C#C.C#Cc1cnc([C@@H]2CCCN2C(=O)C(NC(=O)OC)C(C)C)[nH]1. The third-order valence-electron chi connectivity index (χ3n) is 3.99. The van der Waals surface area contributed by atoms with Crippen LogP contribution in [0.1, 0.15) is 44.2 Å². The van der Waals surface area contributed by atoms with Gasteiger partial charge in [0.05, 0.1) is 19.3 Å². The predicted molar refractivity (Wildman–Crippen MR) is 94.3 cm³/mol. The third kappa shape index (κ3) is 4.77. The quantitative estimate of drug-likeness (QED) is 0.814. The molecule has 0 bridgehead atoms. The lowest BCUT2D eigenvalue weighted by atomic mass is 10.0. The molecule has 1 saturated heterocycles. The second-order valence-electron chi connectivity index (χ2n) is 5.87. The van der Waals surface area contributed by atoms with Gasteiger partial charge in [-0.25, -0.2) is 9.78 Å². The molecule has 1 aromatic heterocycles. The first-order valence-corrected chi connectivity index (χ1v) is 7.97. The van der Waals surface area contributed by atoms with Crippen molar-refractivity contribution in [3.05, 3.63) is 17.7 Å². The van der Waals surface area contributed by atoms with Gasteiger partial charge in [0.25, 0.3) is 0 Å². The van der Waals surface area contributed by atoms with Gasteiger partial charge in [-0.3, -0.25) is 4.79 Å². The average molecular weight is 344 g/mol. The number of hydrogen-bond acceptors (Lipinski definition) is 4. The van der Waals surface area contributed by atoms with E-state index in [0.717, 1.165) is 12.8 Å². The Balaban J connectivity index is 0.00000151. The number of carbonyl (C=O) groups excluding carboxylic acids is 2. The Morgan fingerprint density at radius 1 is 1.48 bits per heavy atom. The average Bonchev–Trinajstić information content (AvgIpc) is 3.28. The maximum atomic E-state index is 12.9. The normalized spacial score (nSPS) is 17.2. The first-order chi connectivity index (χ1) is 12.0. The van der Waals surface area contributed by atoms with Gasteiger partial charge in [-0.2, -0.15) is 0 Å². The van der Waals surface area contributed by atoms with Crippen molar-refractivity contribution in [2.45, 2.75) is 38.8 Å². The summed E-state index contributed by atoms with van der Waals surface area (Å²) in [6, 6.07) is -0.782. The molecule has 2 rings (SSSR count). The maximum Gasteiger partial charge on any atom is 0.407 e. The van der Waals surface area contributed by atoms with Crippen molar-refractivity contribution in [2.24, 2.45) is 5.92 Å². The van der Waals surface area contributed by atoms with Crippen LogP contribution in [0.15, 0.2) is 6.20 Å². The molecule has 0 radical (unpaired) electrons. The Kier molecular flexibility index (Phi) is 7.55. The molecule has 7 heteroatoms. The summed E-state index contributed by atoms with van der Waals surface area (Å²) in [4.78, 5) is 33.5. The van der Waals surface area contributed by atoms with E-state index in [9.17, 15) is 9.59 Å². The van der Waals surface area contributed by atoms with Crippen LogP contribution in [0, 0.1) is 31.1 Å². The second-order valence-corrected chi connectivity index (χ2v) is 5.87. The summed E-state index contributed by atoms with van der Waals surface area (Å²) in [5.41, 5.74) is 0.590. The molecular weight excluding hydrogens is 320 g/mol. The zero-order chi connectivity index (χ0) is 19.0. The Morgan fingerprint density at radius 3 is 2.68 bits per heavy atom. The van der Waals surface area contributed by atoms with Crippen LogP contribution in [-0.2, 0) is 9.53 Å². The van der Waals surface area contributed by atoms with Gasteiger partial charge in [0.1, 0.15) is 17.6 Å². The Labute approximate surface area is 148 Å². The summed E-state index contributed by atoms with van der Waals surface area (Å²) < 4.78 is 4.61. The van der Waals surface area contributed by atoms with Gasteiger partial charge in [0.2, 0.25) is 5.91 Å². The first-order valence-electron chi connectivity index (χ1n) is 7.97. The Bertz CT molecular complexity index is 657. The molecule has 0 spiro atoms. The largest absolute Gasteiger partial charge is 0.453 e. The summed E-state index contributed by atoms with van der Waals surface area (Å²) in [5, 5.41) is 2.62. The number of amides is 2. The zero-order valence-corrected chi connectivity index (χ0v) is 14.8. The van der Waals surface area contributed by atoms with Gasteiger partial charge in [-0.15, -0.1) is 19.3 Å². The summed E-state index contributed by atoms with van der Waals surface area (Å²) in [6.07, 6.45) is 16.0. The molecule has 1 fully saturated rings. The summed E-state index contributed by atoms with van der Waals surface area (Å²) in [7, 11) is 1.28. The molecule has 7 nitrogen and oxygen atoms in total. The molecule has 2 heterocycles. The van der Waals surface area contributed by atoms with E-state index in [1.54, 1.807) is 11.1 Å². The highest BCUT2D eigenvalue weighted by Crippen LogP contribution is 2.31. The van der Waals surface area contributed by atoms with Crippen molar-refractivity contribution >= 4 is 12.0 Å². The van der Waals surface area contributed by atoms with E-state index in [2.05, 4.69) is 38.8 Å². The smallest absolute Gasteiger partial charge is 0.407 e. The summed E-state index contributed by atoms with van der Waals surface area (Å²) >= 11 is 0. The summed E-state index contributed by atoms with van der Waals surface area (Å²) in [5.74, 6) is 2.99. The molecule has 0 aliphatic carbocycles. The van der Waals surface area contributed by atoms with Crippen LogP contribution in [0.25, 0.3) is 0 Å². The van der Waals surface area contributed by atoms with Crippen LogP contribution in [0.4, 0.5) is 4.79 Å². The Hall–Kier alpha value is -2.93. The van der Waals surface area contributed by atoms with Crippen molar-refractivity contribution < 1.29 is 14.3 Å². The number of nitrogens with zero attached hydrogens (tertiary/aromatic N) is 2. The standard InChI is InChI=1S/C16H22N4O3.C2H2/c1-5-11-9-17-14(18-11)12-7-6-8-20(12)15(21)13(10(2)3)19-16(22)23-4;1-2/h1,9-10,12-13H,6-8H2,2-4H3,(H,17,18)(H,19,22);1-2H/t12-,13?;/m0./s1. The van der Waals surface area contributed by atoms with Gasteiger partial charge in [0.15, 0.2) is 0 Å². The van der Waals surface area contributed by atoms with E-state index >= 15 is 0 Å². The number of H-pyrrole nitrogens is 1. The highest BCUT2D eigenvalue weighted by molar-refractivity contribution is 5.86. The van der Waals surface area contributed by atoms with E-state index in [1.807, 2.05) is 13.8 Å². The minimum absolute atomic E-state index is 0.0549. The molecule has 0 saturated carbocycles. The molecule has 25 heavy (non-hydrogen) atoms. The number of aromatic nitrogens is 2. The molecule has 1 aromatic rings. The number of alkyl carbamates (subject to hydrolysis) is 1. The second kappa shape index (κ2) is 9.39. The number of hydrogen-bond donors (Lipinski definition) is 2. The first kappa shape index (κ1) is 20.1. The number of imidazole rings is 1. The van der Waals surface area contributed by atoms with Crippen molar-refractivity contribution in [1.82, 2.24) is 20.2 Å². The van der Waals surface area contributed by atoms with E-state index in [4.69, 9.17) is 6.42 Å². The molecule has 1 aliphatic heterocycles. The number of rotatable bonds is 4. The number of likely N-dealkylation sites (tertiary alicyclic amines) is 1. The number of terminal acetylenes is 2. The third-order valence-corrected chi connectivity index (χ3v) is 3.99. The van der Waals surface area contributed by atoms with Crippen LogP contribution in [0.5, 0.6) is 0 Å². The number of nitrogens with one attached hydrogen (secondary N) is 2. The number of methoxy groups -OCH3 is 1. The van der Waals surface area contributed by atoms with Crippen molar-refractivity contribution in [1.29, 1.82) is 0 Å². The van der Waals surface area contributed by atoms with Crippen molar-refractivity contribution in [2.75, 3.05) is 13.7 Å². The molecule has 1 unspecified atom stereocenters. The summed E-state index contributed by atoms with van der Waals surface area (Å²) in [6.45, 7) is 4.39. The van der Waals surface area contributed by atoms with E-state index in [-0.39, 0.29) is 17.9 Å².